The molecular weight excluding hydrogens is 212 g/mol. The molecule has 0 fully saturated rings. The summed E-state index contributed by atoms with van der Waals surface area (Å²) in [4.78, 5) is 15.4. The molecule has 4 heteroatoms. The molecule has 82 valence electrons. The van der Waals surface area contributed by atoms with E-state index in [1.807, 2.05) is 0 Å². The van der Waals surface area contributed by atoms with Crippen LogP contribution in [0.4, 0.5) is 0 Å². The summed E-state index contributed by atoms with van der Waals surface area (Å²) in [5.41, 5.74) is 0.606. The van der Waals surface area contributed by atoms with E-state index in [4.69, 9.17) is 11.6 Å². The molecule has 0 aliphatic carbocycles. The predicted octanol–water partition coefficient (Wildman–Crippen LogP) is 2.22. The molecule has 0 radical (unpaired) electrons. The number of amides is 1. The summed E-state index contributed by atoms with van der Waals surface area (Å²) < 4.78 is 0. The normalized spacial score (nSPS) is 9.93. The Morgan fingerprint density at radius 2 is 2.27 bits per heavy atom. The van der Waals surface area contributed by atoms with E-state index in [1.165, 1.54) is 0 Å². The molecule has 0 aliphatic heterocycles. The van der Waals surface area contributed by atoms with Crippen molar-refractivity contribution >= 4 is 17.5 Å². The molecule has 1 amide bonds. The summed E-state index contributed by atoms with van der Waals surface area (Å²) in [6, 6.07) is 3.50. The van der Waals surface area contributed by atoms with Crippen LogP contribution in [-0.4, -0.2) is 23.3 Å². The van der Waals surface area contributed by atoms with Crippen LogP contribution in [0.3, 0.4) is 0 Å². The molecule has 1 rings (SSSR count). The van der Waals surface area contributed by atoms with Crippen molar-refractivity contribution in [3.63, 3.8) is 0 Å². The standard InChI is InChI=1S/C11H15ClN2O/c12-6-2-1-3-8-14-11(15)10-5-4-7-13-9-10/h4-5,7,9H,1-3,6,8H2,(H,14,15). The van der Waals surface area contributed by atoms with Gasteiger partial charge in [-0.2, -0.15) is 0 Å². The zero-order valence-electron chi connectivity index (χ0n) is 8.58. The maximum absolute atomic E-state index is 11.5. The Kier molecular flexibility index (Phi) is 5.78. The van der Waals surface area contributed by atoms with Crippen LogP contribution < -0.4 is 5.32 Å². The highest BCUT2D eigenvalue weighted by Gasteiger charge is 2.02. The van der Waals surface area contributed by atoms with Crippen LogP contribution in [0.2, 0.25) is 0 Å². The Morgan fingerprint density at radius 3 is 2.93 bits per heavy atom. The molecule has 0 saturated carbocycles. The lowest BCUT2D eigenvalue weighted by Gasteiger charge is -2.03. The average molecular weight is 227 g/mol. The third kappa shape index (κ3) is 4.79. The zero-order valence-corrected chi connectivity index (χ0v) is 9.33. The molecule has 15 heavy (non-hydrogen) atoms. The predicted molar refractivity (Wildman–Crippen MR) is 61.1 cm³/mol. The fraction of sp³-hybridized carbons (Fsp3) is 0.455. The average Bonchev–Trinajstić information content (AvgIpc) is 2.30. The minimum Gasteiger partial charge on any atom is -0.352 e. The second-order valence-electron chi connectivity index (χ2n) is 3.25. The first-order valence-corrected chi connectivity index (χ1v) is 5.62. The zero-order chi connectivity index (χ0) is 10.9. The molecule has 1 heterocycles. The van der Waals surface area contributed by atoms with Gasteiger partial charge in [-0.15, -0.1) is 11.6 Å². The Bertz CT molecular complexity index is 290. The molecule has 0 saturated heterocycles. The SMILES string of the molecule is O=C(NCCCCCCl)c1cccnc1. The first kappa shape index (κ1) is 12.0. The van der Waals surface area contributed by atoms with Crippen LogP contribution in [0.1, 0.15) is 29.6 Å². The van der Waals surface area contributed by atoms with Gasteiger partial charge in [-0.25, -0.2) is 0 Å². The van der Waals surface area contributed by atoms with Gasteiger partial charge in [0.25, 0.3) is 5.91 Å². The molecule has 0 bridgehead atoms. The highest BCUT2D eigenvalue weighted by molar-refractivity contribution is 6.17. The second-order valence-corrected chi connectivity index (χ2v) is 3.63. The summed E-state index contributed by atoms with van der Waals surface area (Å²) in [6.07, 6.45) is 6.24. The maximum Gasteiger partial charge on any atom is 0.252 e. The van der Waals surface area contributed by atoms with Gasteiger partial charge in [0.2, 0.25) is 0 Å². The monoisotopic (exact) mass is 226 g/mol. The van der Waals surface area contributed by atoms with E-state index in [0.29, 0.717) is 18.0 Å². The number of alkyl halides is 1. The van der Waals surface area contributed by atoms with E-state index in [0.717, 1.165) is 19.3 Å². The smallest absolute Gasteiger partial charge is 0.252 e. The lowest BCUT2D eigenvalue weighted by molar-refractivity contribution is 0.0952. The Hall–Kier alpha value is -1.09. The van der Waals surface area contributed by atoms with Crippen molar-refractivity contribution in [2.24, 2.45) is 0 Å². The number of carbonyl (C=O) groups excluding carboxylic acids is 1. The van der Waals surface area contributed by atoms with Crippen LogP contribution in [0.25, 0.3) is 0 Å². The minimum absolute atomic E-state index is 0.0611. The molecule has 0 spiro atoms. The minimum atomic E-state index is -0.0611. The van der Waals surface area contributed by atoms with Crippen LogP contribution in [-0.2, 0) is 0 Å². The van der Waals surface area contributed by atoms with E-state index in [9.17, 15) is 4.79 Å². The van der Waals surface area contributed by atoms with E-state index in [-0.39, 0.29) is 5.91 Å². The van der Waals surface area contributed by atoms with Gasteiger partial charge < -0.3 is 5.32 Å². The van der Waals surface area contributed by atoms with Gasteiger partial charge in [-0.05, 0) is 25.0 Å². The van der Waals surface area contributed by atoms with Crippen molar-refractivity contribution in [3.8, 4) is 0 Å². The van der Waals surface area contributed by atoms with Gasteiger partial charge in [0.05, 0.1) is 5.56 Å². The van der Waals surface area contributed by atoms with Gasteiger partial charge in [-0.3, -0.25) is 9.78 Å². The van der Waals surface area contributed by atoms with Gasteiger partial charge >= 0.3 is 0 Å². The van der Waals surface area contributed by atoms with Crippen LogP contribution in [0.5, 0.6) is 0 Å². The van der Waals surface area contributed by atoms with Crippen LogP contribution >= 0.6 is 11.6 Å². The number of carbonyl (C=O) groups is 1. The van der Waals surface area contributed by atoms with Gasteiger partial charge in [0, 0.05) is 24.8 Å². The highest BCUT2D eigenvalue weighted by Crippen LogP contribution is 1.98. The number of halogens is 1. The fourth-order valence-electron chi connectivity index (χ4n) is 1.20. The molecule has 1 aromatic heterocycles. The third-order valence-electron chi connectivity index (χ3n) is 2.02. The first-order valence-electron chi connectivity index (χ1n) is 5.09. The molecule has 1 N–H and O–H groups in total. The fourth-order valence-corrected chi connectivity index (χ4v) is 1.39. The van der Waals surface area contributed by atoms with Crippen molar-refractivity contribution in [1.82, 2.24) is 10.3 Å². The number of pyridine rings is 1. The number of hydrogen-bond donors (Lipinski definition) is 1. The van der Waals surface area contributed by atoms with Gasteiger partial charge in [-0.1, -0.05) is 6.42 Å². The summed E-state index contributed by atoms with van der Waals surface area (Å²) in [5, 5.41) is 2.84. The van der Waals surface area contributed by atoms with Crippen molar-refractivity contribution in [1.29, 1.82) is 0 Å². The number of nitrogens with one attached hydrogen (secondary N) is 1. The Balaban J connectivity index is 2.20. The van der Waals surface area contributed by atoms with Gasteiger partial charge in [0.1, 0.15) is 0 Å². The van der Waals surface area contributed by atoms with Crippen LogP contribution in [0.15, 0.2) is 24.5 Å². The Labute approximate surface area is 94.9 Å². The Morgan fingerprint density at radius 1 is 1.40 bits per heavy atom. The second kappa shape index (κ2) is 7.23. The number of hydrogen-bond acceptors (Lipinski definition) is 2. The van der Waals surface area contributed by atoms with E-state index >= 15 is 0 Å². The van der Waals surface area contributed by atoms with Crippen LogP contribution in [0, 0.1) is 0 Å². The molecule has 3 nitrogen and oxygen atoms in total. The summed E-state index contributed by atoms with van der Waals surface area (Å²) >= 11 is 5.54. The quantitative estimate of drug-likeness (QED) is 0.597. The lowest BCUT2D eigenvalue weighted by atomic mass is 10.2. The molecule has 0 aromatic carbocycles. The van der Waals surface area contributed by atoms with Gasteiger partial charge in [0.15, 0.2) is 0 Å². The summed E-state index contributed by atoms with van der Waals surface area (Å²) in [6.45, 7) is 0.699. The van der Waals surface area contributed by atoms with Crippen molar-refractivity contribution in [2.75, 3.05) is 12.4 Å². The lowest BCUT2D eigenvalue weighted by Crippen LogP contribution is -2.24. The van der Waals surface area contributed by atoms with E-state index < -0.39 is 0 Å². The maximum atomic E-state index is 11.5. The van der Waals surface area contributed by atoms with E-state index in [2.05, 4.69) is 10.3 Å². The topological polar surface area (TPSA) is 42.0 Å². The largest absolute Gasteiger partial charge is 0.352 e. The summed E-state index contributed by atoms with van der Waals surface area (Å²) in [5.74, 6) is 0.630. The number of aromatic nitrogens is 1. The first-order chi connectivity index (χ1) is 7.34. The molecule has 1 aromatic rings. The van der Waals surface area contributed by atoms with Crippen molar-refractivity contribution in [2.45, 2.75) is 19.3 Å². The summed E-state index contributed by atoms with van der Waals surface area (Å²) in [7, 11) is 0. The molecule has 0 aliphatic rings. The number of rotatable bonds is 6. The molecule has 0 unspecified atom stereocenters. The highest BCUT2D eigenvalue weighted by atomic mass is 35.5. The number of unbranched alkanes of at least 4 members (excludes halogenated alkanes) is 2. The molecule has 0 atom stereocenters. The number of nitrogens with zero attached hydrogens (tertiary/aromatic N) is 1. The molecular formula is C11H15ClN2O. The van der Waals surface area contributed by atoms with E-state index in [1.54, 1.807) is 24.5 Å². The van der Waals surface area contributed by atoms with Crippen molar-refractivity contribution < 1.29 is 4.79 Å². The third-order valence-corrected chi connectivity index (χ3v) is 2.29. The van der Waals surface area contributed by atoms with Crippen molar-refractivity contribution in [3.05, 3.63) is 30.1 Å².